The summed E-state index contributed by atoms with van der Waals surface area (Å²) >= 11 is 0. The van der Waals surface area contributed by atoms with Gasteiger partial charge in [-0.3, -0.25) is 9.78 Å². The van der Waals surface area contributed by atoms with Crippen LogP contribution in [-0.4, -0.2) is 42.9 Å². The number of aromatic nitrogens is 1. The van der Waals surface area contributed by atoms with E-state index in [2.05, 4.69) is 32.5 Å². The number of carbonyl (C=O) groups excluding carboxylic acids is 1. The number of hydrogen-bond donors (Lipinski definition) is 1. The van der Waals surface area contributed by atoms with Crippen LogP contribution in [-0.2, 0) is 4.74 Å². The van der Waals surface area contributed by atoms with Gasteiger partial charge in [-0.2, -0.15) is 5.10 Å². The number of fused-ring (bicyclic) bond motifs is 1. The van der Waals surface area contributed by atoms with Gasteiger partial charge in [0.2, 0.25) is 0 Å². The highest BCUT2D eigenvalue weighted by Gasteiger charge is 2.13. The highest BCUT2D eigenvalue weighted by molar-refractivity contribution is 6.07. The first-order valence-electron chi connectivity index (χ1n) is 9.76. The maximum Gasteiger partial charge on any atom is 0.272 e. The largest absolute Gasteiger partial charge is 0.378 e. The normalized spacial score (nSPS) is 14.8. The van der Waals surface area contributed by atoms with Crippen molar-refractivity contribution in [3.63, 3.8) is 0 Å². The number of aryl methyl sites for hydroxylation is 1. The van der Waals surface area contributed by atoms with E-state index in [9.17, 15) is 4.79 Å². The van der Waals surface area contributed by atoms with Gasteiger partial charge < -0.3 is 9.64 Å². The van der Waals surface area contributed by atoms with Crippen molar-refractivity contribution in [2.45, 2.75) is 13.8 Å². The predicted molar refractivity (Wildman–Crippen MR) is 116 cm³/mol. The van der Waals surface area contributed by atoms with E-state index in [1.165, 1.54) is 5.69 Å². The molecule has 1 saturated heterocycles. The lowest BCUT2D eigenvalue weighted by molar-refractivity contribution is 0.0956. The molecule has 148 valence electrons. The van der Waals surface area contributed by atoms with E-state index in [0.29, 0.717) is 5.56 Å². The van der Waals surface area contributed by atoms with Gasteiger partial charge in [0.1, 0.15) is 0 Å². The molecule has 6 heteroatoms. The molecule has 0 bridgehead atoms. The lowest BCUT2D eigenvalue weighted by Crippen LogP contribution is -2.36. The number of hydrazone groups is 1. The summed E-state index contributed by atoms with van der Waals surface area (Å²) in [6, 6.07) is 17.6. The fourth-order valence-corrected chi connectivity index (χ4v) is 3.49. The number of morpholine rings is 1. The van der Waals surface area contributed by atoms with Gasteiger partial charge in [-0.15, -0.1) is 0 Å². The van der Waals surface area contributed by atoms with Crippen LogP contribution in [0.15, 0.2) is 59.7 Å². The Hall–Kier alpha value is -3.25. The first-order valence-corrected chi connectivity index (χ1v) is 9.76. The molecule has 1 N–H and O–H groups in total. The fourth-order valence-electron chi connectivity index (χ4n) is 3.49. The maximum atomic E-state index is 12.7. The highest BCUT2D eigenvalue weighted by atomic mass is 16.5. The molecule has 29 heavy (non-hydrogen) atoms. The van der Waals surface area contributed by atoms with Crippen molar-refractivity contribution in [1.82, 2.24) is 10.4 Å². The van der Waals surface area contributed by atoms with E-state index in [-0.39, 0.29) is 5.91 Å². The van der Waals surface area contributed by atoms with Gasteiger partial charge in [-0.05, 0) is 43.7 Å². The number of para-hydroxylation sites is 1. The zero-order chi connectivity index (χ0) is 20.2. The van der Waals surface area contributed by atoms with E-state index >= 15 is 0 Å². The highest BCUT2D eigenvalue weighted by Crippen LogP contribution is 2.19. The first kappa shape index (κ1) is 19.1. The van der Waals surface area contributed by atoms with Crippen LogP contribution >= 0.6 is 0 Å². The number of amides is 1. The second-order valence-electron chi connectivity index (χ2n) is 7.11. The summed E-state index contributed by atoms with van der Waals surface area (Å²) in [4.78, 5) is 19.5. The number of hydrogen-bond acceptors (Lipinski definition) is 5. The van der Waals surface area contributed by atoms with Gasteiger partial charge in [0.25, 0.3) is 5.91 Å². The molecule has 1 aromatic heterocycles. The van der Waals surface area contributed by atoms with Crippen molar-refractivity contribution < 1.29 is 9.53 Å². The van der Waals surface area contributed by atoms with Crippen molar-refractivity contribution in [2.75, 3.05) is 31.2 Å². The molecule has 0 radical (unpaired) electrons. The van der Waals surface area contributed by atoms with Gasteiger partial charge >= 0.3 is 0 Å². The molecular weight excluding hydrogens is 364 g/mol. The molecule has 6 nitrogen and oxygen atoms in total. The summed E-state index contributed by atoms with van der Waals surface area (Å²) in [5.74, 6) is -0.240. The summed E-state index contributed by atoms with van der Waals surface area (Å²) in [6.45, 7) is 7.10. The van der Waals surface area contributed by atoms with Crippen LogP contribution in [0.25, 0.3) is 10.9 Å². The van der Waals surface area contributed by atoms with Gasteiger partial charge in [-0.25, -0.2) is 5.43 Å². The number of ether oxygens (including phenoxy) is 1. The molecule has 2 heterocycles. The molecule has 1 fully saturated rings. The van der Waals surface area contributed by atoms with Crippen molar-refractivity contribution in [3.05, 3.63) is 71.4 Å². The minimum absolute atomic E-state index is 0.240. The summed E-state index contributed by atoms with van der Waals surface area (Å²) < 4.78 is 5.40. The van der Waals surface area contributed by atoms with Crippen LogP contribution < -0.4 is 10.3 Å². The summed E-state index contributed by atoms with van der Waals surface area (Å²) in [6.07, 6.45) is 0. The van der Waals surface area contributed by atoms with E-state index in [4.69, 9.17) is 4.74 Å². The van der Waals surface area contributed by atoms with E-state index < -0.39 is 0 Å². The molecule has 0 saturated carbocycles. The molecule has 0 unspecified atom stereocenters. The second-order valence-corrected chi connectivity index (χ2v) is 7.11. The van der Waals surface area contributed by atoms with Gasteiger partial charge in [0.15, 0.2) is 0 Å². The molecule has 1 aliphatic rings. The van der Waals surface area contributed by atoms with Crippen molar-refractivity contribution in [3.8, 4) is 0 Å². The molecule has 0 spiro atoms. The van der Waals surface area contributed by atoms with Crippen LogP contribution in [0.2, 0.25) is 0 Å². The van der Waals surface area contributed by atoms with Crippen LogP contribution in [0.5, 0.6) is 0 Å². The van der Waals surface area contributed by atoms with Crippen LogP contribution in [0.4, 0.5) is 5.69 Å². The van der Waals surface area contributed by atoms with Crippen LogP contribution in [0.3, 0.4) is 0 Å². The average molecular weight is 388 g/mol. The number of carbonyl (C=O) groups is 1. The Balaban J connectivity index is 1.49. The zero-order valence-corrected chi connectivity index (χ0v) is 16.7. The van der Waals surface area contributed by atoms with Crippen LogP contribution in [0, 0.1) is 6.92 Å². The Morgan fingerprint density at radius 3 is 2.59 bits per heavy atom. The van der Waals surface area contributed by atoms with Gasteiger partial charge in [0.05, 0.1) is 30.0 Å². The Labute approximate surface area is 170 Å². The lowest BCUT2D eigenvalue weighted by Gasteiger charge is -2.28. The first-order chi connectivity index (χ1) is 14.1. The summed E-state index contributed by atoms with van der Waals surface area (Å²) in [7, 11) is 0. The lowest BCUT2D eigenvalue weighted by atomic mass is 10.1. The third kappa shape index (κ3) is 4.27. The summed E-state index contributed by atoms with van der Waals surface area (Å²) in [5.41, 5.74) is 7.76. The average Bonchev–Trinajstić information content (AvgIpc) is 2.77. The SMILES string of the molecule is CC(=NNC(=O)c1cc(C)nc2ccccc12)c1ccc(N2CCOCC2)cc1. The Bertz CT molecular complexity index is 1050. The van der Waals surface area contributed by atoms with E-state index in [0.717, 1.165) is 54.2 Å². The Morgan fingerprint density at radius 2 is 1.83 bits per heavy atom. The van der Waals surface area contributed by atoms with E-state index in [1.807, 2.05) is 50.2 Å². The number of benzene rings is 2. The molecule has 3 aromatic rings. The number of nitrogens with one attached hydrogen (secondary N) is 1. The van der Waals surface area contributed by atoms with E-state index in [1.54, 1.807) is 6.07 Å². The monoisotopic (exact) mass is 388 g/mol. The molecule has 4 rings (SSSR count). The molecule has 0 aliphatic carbocycles. The molecule has 1 amide bonds. The van der Waals surface area contributed by atoms with Gasteiger partial charge in [0, 0.05) is 29.9 Å². The molecule has 0 atom stereocenters. The molecular formula is C23H24N4O2. The zero-order valence-electron chi connectivity index (χ0n) is 16.7. The minimum Gasteiger partial charge on any atom is -0.378 e. The van der Waals surface area contributed by atoms with Crippen molar-refractivity contribution in [2.24, 2.45) is 5.10 Å². The number of rotatable bonds is 4. The second kappa shape index (κ2) is 8.41. The number of pyridine rings is 1. The Kier molecular flexibility index (Phi) is 5.53. The standard InChI is InChI=1S/C23H24N4O2/c1-16-15-21(20-5-3-4-6-22(20)24-16)23(28)26-25-17(2)18-7-9-19(10-8-18)27-11-13-29-14-12-27/h3-10,15H,11-14H2,1-2H3,(H,26,28). The number of nitrogens with zero attached hydrogens (tertiary/aromatic N) is 3. The van der Waals surface area contributed by atoms with Gasteiger partial charge in [-0.1, -0.05) is 30.3 Å². The fraction of sp³-hybridized carbons (Fsp3) is 0.261. The van der Waals surface area contributed by atoms with Crippen molar-refractivity contribution in [1.29, 1.82) is 0 Å². The molecule has 1 aliphatic heterocycles. The predicted octanol–water partition coefficient (Wildman–Crippen LogP) is 3.53. The summed E-state index contributed by atoms with van der Waals surface area (Å²) in [5, 5.41) is 5.13. The topological polar surface area (TPSA) is 66.8 Å². The Morgan fingerprint density at radius 1 is 1.10 bits per heavy atom. The third-order valence-corrected chi connectivity index (χ3v) is 5.08. The smallest absolute Gasteiger partial charge is 0.272 e. The quantitative estimate of drug-likeness (QED) is 0.548. The van der Waals surface area contributed by atoms with Crippen LogP contribution in [0.1, 0.15) is 28.5 Å². The molecule has 2 aromatic carbocycles. The number of anilines is 1. The third-order valence-electron chi connectivity index (χ3n) is 5.08. The maximum absolute atomic E-state index is 12.7. The minimum atomic E-state index is -0.240. The van der Waals surface area contributed by atoms with Crippen molar-refractivity contribution >= 4 is 28.2 Å².